The molecule has 72 valence electrons. The Labute approximate surface area is 74.0 Å². The topological polar surface area (TPSA) is 27.7 Å². The molecule has 0 aromatic carbocycles. The summed E-state index contributed by atoms with van der Waals surface area (Å²) in [4.78, 5) is 0. The molecule has 12 heavy (non-hydrogen) atoms. The zero-order valence-corrected chi connectivity index (χ0v) is 7.97. The van der Waals surface area contributed by atoms with E-state index in [2.05, 4.69) is 6.92 Å². The number of ether oxygens (including phenoxy) is 3. The molecule has 0 saturated carbocycles. The van der Waals surface area contributed by atoms with Crippen molar-refractivity contribution in [3.05, 3.63) is 0 Å². The summed E-state index contributed by atoms with van der Waals surface area (Å²) >= 11 is 0. The van der Waals surface area contributed by atoms with Gasteiger partial charge in [0.15, 0.2) is 0 Å². The minimum Gasteiger partial charge on any atom is -0.328 e. The summed E-state index contributed by atoms with van der Waals surface area (Å²) in [5.74, 6) is -0.704. The molecule has 0 amide bonds. The Morgan fingerprint density at radius 3 is 2.42 bits per heavy atom. The van der Waals surface area contributed by atoms with Crippen LogP contribution >= 0.6 is 0 Å². The minimum absolute atomic E-state index is 0.643. The van der Waals surface area contributed by atoms with E-state index in [1.165, 1.54) is 0 Å². The van der Waals surface area contributed by atoms with Crippen LogP contribution in [0.2, 0.25) is 0 Å². The lowest BCUT2D eigenvalue weighted by atomic mass is 10.2. The van der Waals surface area contributed by atoms with Crippen molar-refractivity contribution in [2.75, 3.05) is 19.8 Å². The Morgan fingerprint density at radius 1 is 1.25 bits per heavy atom. The van der Waals surface area contributed by atoms with E-state index in [4.69, 9.17) is 14.2 Å². The Bertz CT molecular complexity index is 119. The second kappa shape index (κ2) is 4.80. The normalized spacial score (nSPS) is 21.5. The summed E-state index contributed by atoms with van der Waals surface area (Å²) in [6, 6.07) is 0. The molecule has 1 saturated heterocycles. The first kappa shape index (κ1) is 9.96. The fourth-order valence-corrected chi connectivity index (χ4v) is 1.35. The van der Waals surface area contributed by atoms with E-state index < -0.39 is 5.97 Å². The van der Waals surface area contributed by atoms with Gasteiger partial charge in [0, 0.05) is 13.0 Å². The van der Waals surface area contributed by atoms with Gasteiger partial charge in [-0.25, -0.2) is 0 Å². The Balaban J connectivity index is 2.35. The Morgan fingerprint density at radius 2 is 1.92 bits per heavy atom. The fraction of sp³-hybridized carbons (Fsp3) is 1.00. The highest BCUT2D eigenvalue weighted by atomic mass is 16.9. The predicted octanol–water partition coefficient (Wildman–Crippen LogP) is 1.91. The minimum atomic E-state index is -0.704. The molecule has 1 rings (SSSR count). The maximum absolute atomic E-state index is 5.45. The summed E-state index contributed by atoms with van der Waals surface area (Å²) in [5, 5.41) is 0. The third-order valence-electron chi connectivity index (χ3n) is 1.93. The highest BCUT2D eigenvalue weighted by Gasteiger charge is 2.36. The SMILES string of the molecule is CCCCC1(OCC)OCCO1. The van der Waals surface area contributed by atoms with Crippen LogP contribution in [0.15, 0.2) is 0 Å². The van der Waals surface area contributed by atoms with E-state index in [1.54, 1.807) is 0 Å². The van der Waals surface area contributed by atoms with Gasteiger partial charge >= 0.3 is 0 Å². The van der Waals surface area contributed by atoms with Gasteiger partial charge in [0.05, 0.1) is 13.2 Å². The lowest BCUT2D eigenvalue weighted by Gasteiger charge is -2.26. The van der Waals surface area contributed by atoms with Crippen molar-refractivity contribution >= 4 is 0 Å². The molecule has 0 N–H and O–H groups in total. The molecule has 1 heterocycles. The van der Waals surface area contributed by atoms with Gasteiger partial charge in [0.2, 0.25) is 0 Å². The quantitative estimate of drug-likeness (QED) is 0.637. The molecule has 3 nitrogen and oxygen atoms in total. The van der Waals surface area contributed by atoms with Gasteiger partial charge in [-0.3, -0.25) is 0 Å². The molecule has 0 aliphatic carbocycles. The maximum atomic E-state index is 5.45. The molecule has 1 aliphatic heterocycles. The smallest absolute Gasteiger partial charge is 0.283 e. The predicted molar refractivity (Wildman–Crippen MR) is 45.8 cm³/mol. The monoisotopic (exact) mass is 174 g/mol. The summed E-state index contributed by atoms with van der Waals surface area (Å²) in [7, 11) is 0. The Kier molecular flexibility index (Phi) is 3.98. The molecule has 0 atom stereocenters. The molecular weight excluding hydrogens is 156 g/mol. The van der Waals surface area contributed by atoms with Crippen LogP contribution in [0.4, 0.5) is 0 Å². The van der Waals surface area contributed by atoms with Gasteiger partial charge < -0.3 is 14.2 Å². The van der Waals surface area contributed by atoms with Crippen LogP contribution in [-0.2, 0) is 14.2 Å². The van der Waals surface area contributed by atoms with Gasteiger partial charge in [0.25, 0.3) is 5.97 Å². The molecule has 1 aliphatic rings. The maximum Gasteiger partial charge on any atom is 0.283 e. The third kappa shape index (κ3) is 2.44. The van der Waals surface area contributed by atoms with Gasteiger partial charge in [-0.2, -0.15) is 0 Å². The van der Waals surface area contributed by atoms with Crippen molar-refractivity contribution in [1.82, 2.24) is 0 Å². The number of rotatable bonds is 5. The zero-order valence-electron chi connectivity index (χ0n) is 7.97. The van der Waals surface area contributed by atoms with Gasteiger partial charge in [-0.15, -0.1) is 0 Å². The molecule has 0 aromatic rings. The average Bonchev–Trinajstić information content (AvgIpc) is 2.51. The van der Waals surface area contributed by atoms with Gasteiger partial charge in [-0.05, 0) is 13.3 Å². The van der Waals surface area contributed by atoms with E-state index in [0.717, 1.165) is 19.3 Å². The second-order valence-electron chi connectivity index (χ2n) is 2.92. The van der Waals surface area contributed by atoms with Crippen LogP contribution in [0.3, 0.4) is 0 Å². The van der Waals surface area contributed by atoms with Crippen LogP contribution in [0.5, 0.6) is 0 Å². The molecule has 0 bridgehead atoms. The lowest BCUT2D eigenvalue weighted by molar-refractivity contribution is -0.332. The molecule has 0 radical (unpaired) electrons. The van der Waals surface area contributed by atoms with Crippen LogP contribution in [0.25, 0.3) is 0 Å². The number of hydrogen-bond donors (Lipinski definition) is 0. The summed E-state index contributed by atoms with van der Waals surface area (Å²) in [5.41, 5.74) is 0. The van der Waals surface area contributed by atoms with Crippen LogP contribution < -0.4 is 0 Å². The first-order chi connectivity index (χ1) is 5.83. The summed E-state index contributed by atoms with van der Waals surface area (Å²) in [6.07, 6.45) is 3.07. The van der Waals surface area contributed by atoms with Crippen molar-refractivity contribution in [2.24, 2.45) is 0 Å². The van der Waals surface area contributed by atoms with Crippen molar-refractivity contribution in [3.63, 3.8) is 0 Å². The van der Waals surface area contributed by atoms with E-state index >= 15 is 0 Å². The number of unbranched alkanes of at least 4 members (excludes halogenated alkanes) is 1. The zero-order chi connectivity index (χ0) is 8.86. The lowest BCUT2D eigenvalue weighted by Crippen LogP contribution is -2.33. The van der Waals surface area contributed by atoms with Gasteiger partial charge in [0.1, 0.15) is 0 Å². The van der Waals surface area contributed by atoms with Crippen molar-refractivity contribution in [1.29, 1.82) is 0 Å². The highest BCUT2D eigenvalue weighted by Crippen LogP contribution is 2.26. The average molecular weight is 174 g/mol. The fourth-order valence-electron chi connectivity index (χ4n) is 1.35. The van der Waals surface area contributed by atoms with Crippen LogP contribution in [-0.4, -0.2) is 25.8 Å². The molecule has 0 spiro atoms. The standard InChI is InChI=1S/C9H18O3/c1-3-5-6-9(10-4-2)11-7-8-12-9/h3-8H2,1-2H3. The molecule has 3 heteroatoms. The first-order valence-electron chi connectivity index (χ1n) is 4.75. The van der Waals surface area contributed by atoms with E-state index in [1.807, 2.05) is 6.92 Å². The van der Waals surface area contributed by atoms with E-state index in [-0.39, 0.29) is 0 Å². The molecule has 0 unspecified atom stereocenters. The largest absolute Gasteiger partial charge is 0.328 e. The Hall–Kier alpha value is -0.120. The van der Waals surface area contributed by atoms with Crippen LogP contribution in [0, 0.1) is 0 Å². The highest BCUT2D eigenvalue weighted by molar-refractivity contribution is 4.62. The third-order valence-corrected chi connectivity index (χ3v) is 1.93. The molecule has 0 aromatic heterocycles. The molecular formula is C9H18O3. The van der Waals surface area contributed by atoms with E-state index in [0.29, 0.717) is 19.8 Å². The number of hydrogen-bond acceptors (Lipinski definition) is 3. The van der Waals surface area contributed by atoms with Crippen molar-refractivity contribution in [3.8, 4) is 0 Å². The first-order valence-corrected chi connectivity index (χ1v) is 4.75. The molecule has 1 fully saturated rings. The van der Waals surface area contributed by atoms with Crippen molar-refractivity contribution < 1.29 is 14.2 Å². The van der Waals surface area contributed by atoms with Crippen molar-refractivity contribution in [2.45, 2.75) is 39.1 Å². The second-order valence-corrected chi connectivity index (χ2v) is 2.92. The van der Waals surface area contributed by atoms with Crippen LogP contribution in [0.1, 0.15) is 33.1 Å². The summed E-state index contributed by atoms with van der Waals surface area (Å²) < 4.78 is 16.3. The van der Waals surface area contributed by atoms with E-state index in [9.17, 15) is 0 Å². The van der Waals surface area contributed by atoms with Gasteiger partial charge in [-0.1, -0.05) is 13.3 Å². The summed E-state index contributed by atoms with van der Waals surface area (Å²) in [6.45, 7) is 6.06.